The predicted molar refractivity (Wildman–Crippen MR) is 133 cm³/mol. The molecule has 1 aliphatic heterocycles. The van der Waals surface area contributed by atoms with E-state index in [1.807, 2.05) is 30.3 Å². The second-order valence-corrected chi connectivity index (χ2v) is 9.84. The van der Waals surface area contributed by atoms with Gasteiger partial charge < -0.3 is 10.6 Å². The number of fused-ring (bicyclic) bond motifs is 2. The molecule has 1 saturated carbocycles. The molecule has 3 atom stereocenters. The van der Waals surface area contributed by atoms with Gasteiger partial charge in [0.25, 0.3) is 5.91 Å². The average Bonchev–Trinajstić information content (AvgIpc) is 3.51. The van der Waals surface area contributed by atoms with E-state index in [-0.39, 0.29) is 5.91 Å². The Morgan fingerprint density at radius 3 is 2.97 bits per heavy atom. The molecule has 3 unspecified atom stereocenters. The molecule has 1 saturated heterocycles. The lowest BCUT2D eigenvalue weighted by Gasteiger charge is -2.31. The molecule has 6 rings (SSSR count). The molecule has 172 valence electrons. The fourth-order valence-electron chi connectivity index (χ4n) is 4.76. The largest absolute Gasteiger partial charge is 0.367 e. The third-order valence-electron chi connectivity index (χ3n) is 6.49. The van der Waals surface area contributed by atoms with Gasteiger partial charge in [-0.25, -0.2) is 9.97 Å². The molecule has 4 heterocycles. The molecule has 1 aliphatic carbocycles. The molecular weight excluding hydrogens is 448 g/mol. The molecule has 2 fully saturated rings. The molecule has 4 aromatic rings. The molecular formula is C24H24N8OS. The van der Waals surface area contributed by atoms with E-state index in [0.717, 1.165) is 47.3 Å². The summed E-state index contributed by atoms with van der Waals surface area (Å²) in [5.41, 5.74) is 8.20. The number of carbonyl (C=O) groups excluding carboxylic acids is 1. The second-order valence-electron chi connectivity index (χ2n) is 8.76. The Morgan fingerprint density at radius 2 is 2.06 bits per heavy atom. The summed E-state index contributed by atoms with van der Waals surface area (Å²) in [7, 11) is 0. The molecule has 0 bridgehead atoms. The van der Waals surface area contributed by atoms with E-state index in [4.69, 9.17) is 4.98 Å². The highest BCUT2D eigenvalue weighted by molar-refractivity contribution is 7.21. The molecule has 34 heavy (non-hydrogen) atoms. The Balaban J connectivity index is 1.19. The minimum absolute atomic E-state index is 0.166. The zero-order valence-electron chi connectivity index (χ0n) is 18.4. The van der Waals surface area contributed by atoms with E-state index in [2.05, 4.69) is 36.7 Å². The number of anilines is 2. The van der Waals surface area contributed by atoms with Crippen LogP contribution in [0.25, 0.3) is 21.5 Å². The highest BCUT2D eigenvalue weighted by Gasteiger charge is 2.33. The van der Waals surface area contributed by atoms with Crippen molar-refractivity contribution in [1.29, 1.82) is 0 Å². The van der Waals surface area contributed by atoms with Crippen LogP contribution in [-0.2, 0) is 0 Å². The maximum absolute atomic E-state index is 12.7. The SMILES string of the molecule is O=C(Nc1ccnnc1)c1cc2ccc(-c3nccc(NC4CCC5NNCC5C4)n3)cc2s1. The van der Waals surface area contributed by atoms with Crippen LogP contribution in [0, 0.1) is 5.92 Å². The Kier molecular flexibility index (Phi) is 5.61. The average molecular weight is 473 g/mol. The summed E-state index contributed by atoms with van der Waals surface area (Å²) in [5, 5.41) is 15.0. The lowest BCUT2D eigenvalue weighted by Crippen LogP contribution is -2.39. The summed E-state index contributed by atoms with van der Waals surface area (Å²) in [5.74, 6) is 2.02. The van der Waals surface area contributed by atoms with Gasteiger partial charge in [-0.3, -0.25) is 15.6 Å². The van der Waals surface area contributed by atoms with Crippen LogP contribution in [0.4, 0.5) is 11.5 Å². The van der Waals surface area contributed by atoms with Gasteiger partial charge in [-0.05, 0) is 54.8 Å². The van der Waals surface area contributed by atoms with Crippen molar-refractivity contribution in [3.8, 4) is 11.4 Å². The summed E-state index contributed by atoms with van der Waals surface area (Å²) in [6.07, 6.45) is 8.28. The number of rotatable bonds is 5. The van der Waals surface area contributed by atoms with Crippen molar-refractivity contribution in [2.75, 3.05) is 17.2 Å². The Hall–Kier alpha value is -3.47. The van der Waals surface area contributed by atoms with Gasteiger partial charge in [0, 0.05) is 35.1 Å². The monoisotopic (exact) mass is 472 g/mol. The molecule has 2 aliphatic rings. The molecule has 0 spiro atoms. The van der Waals surface area contributed by atoms with Crippen LogP contribution in [0.3, 0.4) is 0 Å². The summed E-state index contributed by atoms with van der Waals surface area (Å²) in [6, 6.07) is 12.6. The van der Waals surface area contributed by atoms with E-state index in [1.54, 1.807) is 18.5 Å². The first kappa shape index (κ1) is 21.1. The van der Waals surface area contributed by atoms with E-state index in [9.17, 15) is 4.79 Å². The number of benzene rings is 1. The fourth-order valence-corrected chi connectivity index (χ4v) is 5.76. The molecule has 3 aromatic heterocycles. The first-order valence-electron chi connectivity index (χ1n) is 11.4. The highest BCUT2D eigenvalue weighted by Crippen LogP contribution is 2.31. The quantitative estimate of drug-likeness (QED) is 0.349. The number of thiophene rings is 1. The van der Waals surface area contributed by atoms with E-state index < -0.39 is 0 Å². The number of hydrazine groups is 1. The van der Waals surface area contributed by atoms with Crippen LogP contribution >= 0.6 is 11.3 Å². The summed E-state index contributed by atoms with van der Waals surface area (Å²) >= 11 is 1.44. The van der Waals surface area contributed by atoms with Crippen LogP contribution in [-0.4, -0.2) is 44.7 Å². The van der Waals surface area contributed by atoms with Crippen molar-refractivity contribution in [2.45, 2.75) is 31.3 Å². The molecule has 4 N–H and O–H groups in total. The van der Waals surface area contributed by atoms with Gasteiger partial charge in [0.2, 0.25) is 0 Å². The minimum atomic E-state index is -0.166. The van der Waals surface area contributed by atoms with Crippen molar-refractivity contribution in [3.63, 3.8) is 0 Å². The number of aromatic nitrogens is 4. The first-order valence-corrected chi connectivity index (χ1v) is 12.2. The van der Waals surface area contributed by atoms with Crippen LogP contribution < -0.4 is 21.5 Å². The zero-order valence-corrected chi connectivity index (χ0v) is 19.2. The van der Waals surface area contributed by atoms with Gasteiger partial charge in [0.05, 0.1) is 23.0 Å². The summed E-state index contributed by atoms with van der Waals surface area (Å²) in [4.78, 5) is 22.6. The maximum Gasteiger partial charge on any atom is 0.265 e. The van der Waals surface area contributed by atoms with Crippen molar-refractivity contribution in [1.82, 2.24) is 31.0 Å². The minimum Gasteiger partial charge on any atom is -0.367 e. The van der Waals surface area contributed by atoms with Crippen LogP contribution in [0.5, 0.6) is 0 Å². The number of carbonyl (C=O) groups is 1. The smallest absolute Gasteiger partial charge is 0.265 e. The van der Waals surface area contributed by atoms with E-state index in [1.165, 1.54) is 17.5 Å². The van der Waals surface area contributed by atoms with Gasteiger partial charge in [-0.1, -0.05) is 12.1 Å². The summed E-state index contributed by atoms with van der Waals surface area (Å²) in [6.45, 7) is 1.03. The maximum atomic E-state index is 12.7. The van der Waals surface area contributed by atoms with Crippen molar-refractivity contribution in [3.05, 3.63) is 59.9 Å². The van der Waals surface area contributed by atoms with Crippen LogP contribution in [0.15, 0.2) is 55.0 Å². The molecule has 1 amide bonds. The Labute approximate surface area is 200 Å². The topological polar surface area (TPSA) is 117 Å². The van der Waals surface area contributed by atoms with Crippen LogP contribution in [0.1, 0.15) is 28.9 Å². The van der Waals surface area contributed by atoms with Crippen molar-refractivity contribution in [2.24, 2.45) is 5.92 Å². The first-order chi connectivity index (χ1) is 16.7. The van der Waals surface area contributed by atoms with Crippen molar-refractivity contribution < 1.29 is 4.79 Å². The van der Waals surface area contributed by atoms with Crippen LogP contribution in [0.2, 0.25) is 0 Å². The predicted octanol–water partition coefficient (Wildman–Crippen LogP) is 3.46. The lowest BCUT2D eigenvalue weighted by molar-refractivity contribution is 0.103. The van der Waals surface area contributed by atoms with Gasteiger partial charge in [0.15, 0.2) is 5.82 Å². The highest BCUT2D eigenvalue weighted by atomic mass is 32.1. The molecule has 0 radical (unpaired) electrons. The van der Waals surface area contributed by atoms with Gasteiger partial charge >= 0.3 is 0 Å². The molecule has 9 nitrogen and oxygen atoms in total. The van der Waals surface area contributed by atoms with E-state index in [0.29, 0.717) is 34.4 Å². The second kappa shape index (κ2) is 9.05. The fraction of sp³-hybridized carbons (Fsp3) is 0.292. The third-order valence-corrected chi connectivity index (χ3v) is 7.58. The summed E-state index contributed by atoms with van der Waals surface area (Å²) < 4.78 is 1.01. The number of amides is 1. The number of nitrogens with zero attached hydrogens (tertiary/aromatic N) is 4. The van der Waals surface area contributed by atoms with Crippen molar-refractivity contribution >= 4 is 38.8 Å². The normalized spacial score (nSPS) is 21.8. The van der Waals surface area contributed by atoms with Gasteiger partial charge in [0.1, 0.15) is 5.82 Å². The molecule has 10 heteroatoms. The lowest BCUT2D eigenvalue weighted by atomic mass is 9.83. The van der Waals surface area contributed by atoms with E-state index >= 15 is 0 Å². The number of hydrogen-bond donors (Lipinski definition) is 4. The Bertz CT molecular complexity index is 1330. The third kappa shape index (κ3) is 4.35. The van der Waals surface area contributed by atoms with Gasteiger partial charge in [-0.15, -0.1) is 11.3 Å². The number of nitrogens with one attached hydrogen (secondary N) is 4. The standard InChI is InChI=1S/C24H24N8OS/c33-24(30-18-5-8-26-27-13-18)21-10-14-1-2-15(11-20(14)34-21)23-25-7-6-22(31-23)29-17-3-4-19-16(9-17)12-28-32-19/h1-2,5-8,10-11,13,16-17,19,28,32H,3-4,9,12H2,(H,25,29,31)(H,26,30,33). The zero-order chi connectivity index (χ0) is 22.9. The van der Waals surface area contributed by atoms with Gasteiger partial charge in [-0.2, -0.15) is 10.2 Å². The number of hydrogen-bond acceptors (Lipinski definition) is 9. The molecule has 1 aromatic carbocycles. The Morgan fingerprint density at radius 1 is 1.09 bits per heavy atom.